The maximum absolute atomic E-state index is 12.3. The summed E-state index contributed by atoms with van der Waals surface area (Å²) in [7, 11) is 0. The maximum Gasteiger partial charge on any atom is 0.290 e. The molecule has 2 rings (SSSR count). The second-order valence-corrected chi connectivity index (χ2v) is 4.46. The second-order valence-electron chi connectivity index (χ2n) is 4.46. The van der Waals surface area contributed by atoms with Crippen LogP contribution in [0.2, 0.25) is 0 Å². The highest BCUT2D eigenvalue weighted by Crippen LogP contribution is 2.25. The number of carbonyl (C=O) groups is 1. The summed E-state index contributed by atoms with van der Waals surface area (Å²) in [4.78, 5) is 13.9. The van der Waals surface area contributed by atoms with Gasteiger partial charge in [-0.2, -0.15) is 5.26 Å². The van der Waals surface area contributed by atoms with Crippen molar-refractivity contribution in [1.29, 1.82) is 5.26 Å². The Morgan fingerprint density at radius 2 is 2.29 bits per heavy atom. The summed E-state index contributed by atoms with van der Waals surface area (Å²) in [6.07, 6.45) is 5.77. The minimum atomic E-state index is -0.152. The van der Waals surface area contributed by atoms with Crippen molar-refractivity contribution < 1.29 is 9.21 Å². The van der Waals surface area contributed by atoms with Gasteiger partial charge < -0.3 is 9.32 Å². The van der Waals surface area contributed by atoms with Crippen LogP contribution < -0.4 is 0 Å². The van der Waals surface area contributed by atoms with E-state index >= 15 is 0 Å². The van der Waals surface area contributed by atoms with E-state index in [-0.39, 0.29) is 18.5 Å². The van der Waals surface area contributed by atoms with Crippen LogP contribution in [0.4, 0.5) is 0 Å². The molecule has 90 valence electrons. The van der Waals surface area contributed by atoms with Gasteiger partial charge in [-0.05, 0) is 25.8 Å². The molecular weight excluding hydrogens is 216 g/mol. The van der Waals surface area contributed by atoms with E-state index < -0.39 is 0 Å². The van der Waals surface area contributed by atoms with Gasteiger partial charge in [0.15, 0.2) is 5.76 Å². The Kier molecular flexibility index (Phi) is 3.48. The SMILES string of the molecule is Cc1ccoc1C(=O)N(CC#N)C1CCCC1. The normalized spacial score (nSPS) is 15.8. The summed E-state index contributed by atoms with van der Waals surface area (Å²) < 4.78 is 5.21. The zero-order chi connectivity index (χ0) is 12.3. The number of aryl methyl sites for hydroxylation is 1. The van der Waals surface area contributed by atoms with Crippen LogP contribution in [-0.4, -0.2) is 23.4 Å². The third-order valence-electron chi connectivity index (χ3n) is 3.32. The molecule has 4 nitrogen and oxygen atoms in total. The van der Waals surface area contributed by atoms with Crippen LogP contribution in [0.3, 0.4) is 0 Å². The number of amides is 1. The minimum absolute atomic E-state index is 0.143. The molecule has 1 aromatic heterocycles. The van der Waals surface area contributed by atoms with Crippen LogP contribution in [0.1, 0.15) is 41.8 Å². The molecule has 0 bridgehead atoms. The Balaban J connectivity index is 2.19. The van der Waals surface area contributed by atoms with Crippen molar-refractivity contribution in [2.24, 2.45) is 0 Å². The molecule has 1 amide bonds. The average Bonchev–Trinajstić information content (AvgIpc) is 2.95. The van der Waals surface area contributed by atoms with Crippen LogP contribution in [0.5, 0.6) is 0 Å². The van der Waals surface area contributed by atoms with E-state index in [0.717, 1.165) is 31.2 Å². The molecule has 0 radical (unpaired) electrons. The molecule has 1 heterocycles. The van der Waals surface area contributed by atoms with E-state index in [1.165, 1.54) is 6.26 Å². The summed E-state index contributed by atoms with van der Waals surface area (Å²) in [5.74, 6) is 0.216. The Bertz CT molecular complexity index is 439. The van der Waals surface area contributed by atoms with E-state index in [4.69, 9.17) is 9.68 Å². The molecule has 0 spiro atoms. The van der Waals surface area contributed by atoms with Crippen molar-refractivity contribution >= 4 is 5.91 Å². The van der Waals surface area contributed by atoms with E-state index in [1.807, 2.05) is 6.92 Å². The number of nitrogens with zero attached hydrogens (tertiary/aromatic N) is 2. The summed E-state index contributed by atoms with van der Waals surface area (Å²) in [5.41, 5.74) is 0.830. The summed E-state index contributed by atoms with van der Waals surface area (Å²) in [6, 6.07) is 4.04. The highest BCUT2D eigenvalue weighted by molar-refractivity contribution is 5.93. The van der Waals surface area contributed by atoms with Crippen LogP contribution in [-0.2, 0) is 0 Å². The molecule has 0 unspecified atom stereocenters. The predicted molar refractivity (Wildman–Crippen MR) is 62.4 cm³/mol. The Morgan fingerprint density at radius 3 is 2.82 bits per heavy atom. The topological polar surface area (TPSA) is 57.2 Å². The van der Waals surface area contributed by atoms with Gasteiger partial charge >= 0.3 is 0 Å². The predicted octanol–water partition coefficient (Wildman–Crippen LogP) is 2.50. The molecule has 1 aliphatic carbocycles. The standard InChI is InChI=1S/C13H16N2O2/c1-10-6-9-17-12(10)13(16)15(8-7-14)11-4-2-3-5-11/h6,9,11H,2-5,8H2,1H3. The van der Waals surface area contributed by atoms with Gasteiger partial charge in [-0.25, -0.2) is 0 Å². The molecule has 1 fully saturated rings. The largest absolute Gasteiger partial charge is 0.459 e. The molecule has 4 heteroatoms. The molecule has 0 N–H and O–H groups in total. The smallest absolute Gasteiger partial charge is 0.290 e. The van der Waals surface area contributed by atoms with Gasteiger partial charge in [0.05, 0.1) is 12.3 Å². The lowest BCUT2D eigenvalue weighted by atomic mass is 10.1. The van der Waals surface area contributed by atoms with Gasteiger partial charge in [-0.3, -0.25) is 4.79 Å². The van der Waals surface area contributed by atoms with E-state index in [2.05, 4.69) is 6.07 Å². The molecule has 0 atom stereocenters. The van der Waals surface area contributed by atoms with Gasteiger partial charge in [0.2, 0.25) is 0 Å². The molecule has 0 aromatic carbocycles. The number of furan rings is 1. The van der Waals surface area contributed by atoms with Gasteiger partial charge in [-0.1, -0.05) is 12.8 Å². The lowest BCUT2D eigenvalue weighted by Gasteiger charge is -2.25. The molecule has 1 saturated carbocycles. The van der Waals surface area contributed by atoms with Crippen LogP contribution in [0.15, 0.2) is 16.7 Å². The second kappa shape index (κ2) is 5.05. The number of rotatable bonds is 3. The lowest BCUT2D eigenvalue weighted by molar-refractivity contribution is 0.0676. The first-order valence-electron chi connectivity index (χ1n) is 5.96. The number of hydrogen-bond acceptors (Lipinski definition) is 3. The van der Waals surface area contributed by atoms with Crippen molar-refractivity contribution in [1.82, 2.24) is 4.90 Å². The zero-order valence-electron chi connectivity index (χ0n) is 9.98. The Labute approximate surface area is 101 Å². The van der Waals surface area contributed by atoms with Crippen molar-refractivity contribution in [3.05, 3.63) is 23.7 Å². The van der Waals surface area contributed by atoms with E-state index in [9.17, 15) is 4.79 Å². The third-order valence-corrected chi connectivity index (χ3v) is 3.32. The van der Waals surface area contributed by atoms with Gasteiger partial charge in [0, 0.05) is 11.6 Å². The van der Waals surface area contributed by atoms with Crippen LogP contribution >= 0.6 is 0 Å². The summed E-state index contributed by atoms with van der Waals surface area (Å²) in [6.45, 7) is 1.99. The lowest BCUT2D eigenvalue weighted by Crippen LogP contribution is -2.39. The highest BCUT2D eigenvalue weighted by atomic mass is 16.3. The monoisotopic (exact) mass is 232 g/mol. The fourth-order valence-electron chi connectivity index (χ4n) is 2.38. The van der Waals surface area contributed by atoms with Crippen molar-refractivity contribution in [3.63, 3.8) is 0 Å². The van der Waals surface area contributed by atoms with Crippen LogP contribution in [0.25, 0.3) is 0 Å². The number of hydrogen-bond donors (Lipinski definition) is 0. The number of carbonyl (C=O) groups excluding carboxylic acids is 1. The third kappa shape index (κ3) is 2.33. The first-order valence-corrected chi connectivity index (χ1v) is 5.96. The fraction of sp³-hybridized carbons (Fsp3) is 0.538. The van der Waals surface area contributed by atoms with Gasteiger partial charge in [0.25, 0.3) is 5.91 Å². The molecular formula is C13H16N2O2. The van der Waals surface area contributed by atoms with Crippen molar-refractivity contribution in [2.75, 3.05) is 6.54 Å². The fourth-order valence-corrected chi connectivity index (χ4v) is 2.38. The van der Waals surface area contributed by atoms with Crippen molar-refractivity contribution in [2.45, 2.75) is 38.6 Å². The quantitative estimate of drug-likeness (QED) is 0.752. The first kappa shape index (κ1) is 11.7. The molecule has 1 aliphatic rings. The Morgan fingerprint density at radius 1 is 1.59 bits per heavy atom. The molecule has 1 aromatic rings. The van der Waals surface area contributed by atoms with Crippen LogP contribution in [0, 0.1) is 18.3 Å². The number of nitriles is 1. The first-order chi connectivity index (χ1) is 8.24. The van der Waals surface area contributed by atoms with E-state index in [1.54, 1.807) is 11.0 Å². The zero-order valence-corrected chi connectivity index (χ0v) is 9.98. The molecule has 17 heavy (non-hydrogen) atoms. The average molecular weight is 232 g/mol. The van der Waals surface area contributed by atoms with E-state index in [0.29, 0.717) is 5.76 Å². The molecule has 0 aliphatic heterocycles. The summed E-state index contributed by atoms with van der Waals surface area (Å²) >= 11 is 0. The molecule has 0 saturated heterocycles. The maximum atomic E-state index is 12.3. The summed E-state index contributed by atoms with van der Waals surface area (Å²) in [5, 5.41) is 8.84. The minimum Gasteiger partial charge on any atom is -0.459 e. The highest BCUT2D eigenvalue weighted by Gasteiger charge is 2.29. The van der Waals surface area contributed by atoms with Gasteiger partial charge in [0.1, 0.15) is 6.54 Å². The van der Waals surface area contributed by atoms with Crippen molar-refractivity contribution in [3.8, 4) is 6.07 Å². The van der Waals surface area contributed by atoms with Gasteiger partial charge in [-0.15, -0.1) is 0 Å². The Hall–Kier alpha value is -1.76.